The maximum atomic E-state index is 12.3. The van der Waals surface area contributed by atoms with Crippen LogP contribution >= 0.6 is 0 Å². The molecule has 3 nitrogen and oxygen atoms in total. The van der Waals surface area contributed by atoms with Crippen LogP contribution in [0.4, 0.5) is 26.3 Å². The van der Waals surface area contributed by atoms with Gasteiger partial charge in [0.1, 0.15) is 0 Å². The van der Waals surface area contributed by atoms with E-state index in [1.807, 2.05) is 0 Å². The highest BCUT2D eigenvalue weighted by atomic mass is 19.4. The molecule has 0 saturated carbocycles. The second-order valence-corrected chi connectivity index (χ2v) is 3.72. The molecule has 0 atom stereocenters. The quantitative estimate of drug-likeness (QED) is 0.754. The van der Waals surface area contributed by atoms with Gasteiger partial charge < -0.3 is 0 Å². The highest BCUT2D eigenvalue weighted by Crippen LogP contribution is 2.30. The fraction of sp³-hybridized carbons (Fsp3) is 0.182. The summed E-state index contributed by atoms with van der Waals surface area (Å²) in [5, 5.41) is 0. The van der Waals surface area contributed by atoms with E-state index in [0.29, 0.717) is 6.20 Å². The van der Waals surface area contributed by atoms with Crippen molar-refractivity contribution in [2.45, 2.75) is 12.4 Å². The lowest BCUT2D eigenvalue weighted by Crippen LogP contribution is -2.10. The van der Waals surface area contributed by atoms with Gasteiger partial charge in [0.25, 0.3) is 0 Å². The van der Waals surface area contributed by atoms with Crippen molar-refractivity contribution in [1.29, 1.82) is 0 Å². The van der Waals surface area contributed by atoms with Crippen LogP contribution in [0.5, 0.6) is 0 Å². The molecule has 106 valence electrons. The minimum atomic E-state index is -4.67. The Morgan fingerprint density at radius 1 is 0.700 bits per heavy atom. The molecule has 0 bridgehead atoms. The molecular formula is C11H5F6N3. The van der Waals surface area contributed by atoms with Gasteiger partial charge >= 0.3 is 12.4 Å². The summed E-state index contributed by atoms with van der Waals surface area (Å²) in [5.74, 6) is -1.33. The van der Waals surface area contributed by atoms with Gasteiger partial charge in [-0.05, 0) is 12.1 Å². The zero-order valence-corrected chi connectivity index (χ0v) is 9.50. The molecule has 0 unspecified atom stereocenters. The molecule has 2 aromatic heterocycles. The molecule has 0 aliphatic rings. The van der Waals surface area contributed by atoms with Crippen LogP contribution < -0.4 is 0 Å². The molecule has 2 heterocycles. The number of halogens is 6. The lowest BCUT2D eigenvalue weighted by Gasteiger charge is -2.07. The fourth-order valence-corrected chi connectivity index (χ4v) is 1.34. The maximum absolute atomic E-state index is 12.3. The molecule has 0 aliphatic carbocycles. The van der Waals surface area contributed by atoms with E-state index in [1.54, 1.807) is 0 Å². The monoisotopic (exact) mass is 293 g/mol. The van der Waals surface area contributed by atoms with Crippen molar-refractivity contribution in [2.24, 2.45) is 0 Å². The number of hydrogen-bond donors (Lipinski definition) is 0. The number of alkyl halides is 6. The Kier molecular flexibility index (Phi) is 3.36. The van der Waals surface area contributed by atoms with Crippen molar-refractivity contribution in [3.05, 3.63) is 42.1 Å². The zero-order chi connectivity index (χ0) is 15.0. The summed E-state index contributed by atoms with van der Waals surface area (Å²) >= 11 is 0. The molecule has 2 aromatic rings. The van der Waals surface area contributed by atoms with Crippen LogP contribution in [0.1, 0.15) is 11.4 Å². The number of rotatable bonds is 1. The molecule has 0 aromatic carbocycles. The van der Waals surface area contributed by atoms with Gasteiger partial charge in [0, 0.05) is 24.2 Å². The number of pyridine rings is 1. The largest absolute Gasteiger partial charge is 0.451 e. The van der Waals surface area contributed by atoms with E-state index in [-0.39, 0.29) is 11.3 Å². The van der Waals surface area contributed by atoms with Gasteiger partial charge in [0.15, 0.2) is 0 Å². The average Bonchev–Trinajstić information content (AvgIpc) is 2.37. The van der Waals surface area contributed by atoms with Gasteiger partial charge in [-0.3, -0.25) is 4.98 Å². The zero-order valence-electron chi connectivity index (χ0n) is 9.50. The van der Waals surface area contributed by atoms with Crippen LogP contribution in [0.2, 0.25) is 0 Å². The Bertz CT molecular complexity index is 530. The Hall–Kier alpha value is -2.19. The molecule has 0 N–H and O–H groups in total. The number of nitrogens with zero attached hydrogens (tertiary/aromatic N) is 3. The number of aromatic nitrogens is 3. The average molecular weight is 293 g/mol. The van der Waals surface area contributed by atoms with E-state index in [9.17, 15) is 26.3 Å². The van der Waals surface area contributed by atoms with Crippen LogP contribution in [0.3, 0.4) is 0 Å². The van der Waals surface area contributed by atoms with Crippen molar-refractivity contribution in [2.75, 3.05) is 0 Å². The van der Waals surface area contributed by atoms with Crippen molar-refractivity contribution >= 4 is 0 Å². The van der Waals surface area contributed by atoms with E-state index < -0.39 is 23.7 Å². The molecule has 20 heavy (non-hydrogen) atoms. The Morgan fingerprint density at radius 3 is 1.70 bits per heavy atom. The second kappa shape index (κ2) is 4.73. The van der Waals surface area contributed by atoms with E-state index in [4.69, 9.17) is 0 Å². The molecule has 0 aliphatic heterocycles. The van der Waals surface area contributed by atoms with Crippen molar-refractivity contribution in [1.82, 2.24) is 15.0 Å². The first-order valence-corrected chi connectivity index (χ1v) is 5.11. The van der Waals surface area contributed by atoms with Gasteiger partial charge in [-0.25, -0.2) is 9.97 Å². The lowest BCUT2D eigenvalue weighted by molar-refractivity contribution is -0.145. The maximum Gasteiger partial charge on any atom is 0.451 e. The third-order valence-electron chi connectivity index (χ3n) is 2.29. The smallest absolute Gasteiger partial charge is 0.256 e. The van der Waals surface area contributed by atoms with Crippen LogP contribution in [-0.2, 0) is 12.4 Å². The first-order chi connectivity index (χ1) is 9.18. The molecule has 0 amide bonds. The summed E-state index contributed by atoms with van der Waals surface area (Å²) in [6.45, 7) is 0. The van der Waals surface area contributed by atoms with Crippen molar-refractivity contribution in [3.8, 4) is 11.3 Å². The van der Waals surface area contributed by atoms with E-state index in [2.05, 4.69) is 15.0 Å². The van der Waals surface area contributed by atoms with Crippen LogP contribution in [0.25, 0.3) is 11.3 Å². The molecule has 0 fully saturated rings. The molecule has 0 radical (unpaired) electrons. The minimum absolute atomic E-state index is 0.0479. The topological polar surface area (TPSA) is 38.7 Å². The Balaban J connectivity index is 2.29. The summed E-state index contributed by atoms with van der Waals surface area (Å²) in [6.07, 6.45) is -6.90. The highest BCUT2D eigenvalue weighted by molar-refractivity contribution is 5.56. The summed E-state index contributed by atoms with van der Waals surface area (Å²) in [4.78, 5) is 9.72. The van der Waals surface area contributed by atoms with Gasteiger partial charge in [0.2, 0.25) is 5.82 Å². The van der Waals surface area contributed by atoms with Crippen molar-refractivity contribution < 1.29 is 26.3 Å². The molecular weight excluding hydrogens is 288 g/mol. The molecule has 2 rings (SSSR count). The normalized spacial score (nSPS) is 12.5. The summed E-state index contributed by atoms with van der Waals surface area (Å²) < 4.78 is 73.7. The summed E-state index contributed by atoms with van der Waals surface area (Å²) in [7, 11) is 0. The van der Waals surface area contributed by atoms with Gasteiger partial charge in [-0.1, -0.05) is 0 Å². The predicted octanol–water partition coefficient (Wildman–Crippen LogP) is 3.58. The van der Waals surface area contributed by atoms with Gasteiger partial charge in [0.05, 0.1) is 11.3 Å². The standard InChI is InChI=1S/C11H5F6N3/c12-10(13,14)7-1-2-8(18-5-7)6-3-19-9(20-4-6)11(15,16)17/h1-5H. The summed E-state index contributed by atoms with van der Waals surface area (Å²) in [5.41, 5.74) is -0.812. The lowest BCUT2D eigenvalue weighted by atomic mass is 10.2. The minimum Gasteiger partial charge on any atom is -0.256 e. The summed E-state index contributed by atoms with van der Waals surface area (Å²) in [6, 6.07) is 1.81. The van der Waals surface area contributed by atoms with E-state index >= 15 is 0 Å². The molecule has 0 saturated heterocycles. The molecule has 9 heteroatoms. The number of hydrogen-bond acceptors (Lipinski definition) is 3. The van der Waals surface area contributed by atoms with Crippen LogP contribution in [0.15, 0.2) is 30.7 Å². The van der Waals surface area contributed by atoms with Crippen LogP contribution in [0, 0.1) is 0 Å². The Morgan fingerprint density at radius 2 is 1.30 bits per heavy atom. The third-order valence-corrected chi connectivity index (χ3v) is 2.29. The first-order valence-electron chi connectivity index (χ1n) is 5.11. The second-order valence-electron chi connectivity index (χ2n) is 3.72. The third kappa shape index (κ3) is 3.03. The van der Waals surface area contributed by atoms with Crippen LogP contribution in [-0.4, -0.2) is 15.0 Å². The Labute approximate surface area is 108 Å². The SMILES string of the molecule is FC(F)(F)c1ccc(-c2cnc(C(F)(F)F)nc2)nc1. The molecule has 0 spiro atoms. The highest BCUT2D eigenvalue weighted by Gasteiger charge is 2.34. The predicted molar refractivity (Wildman–Crippen MR) is 55.3 cm³/mol. The van der Waals surface area contributed by atoms with E-state index in [1.165, 1.54) is 0 Å². The first kappa shape index (κ1) is 14.2. The fourth-order valence-electron chi connectivity index (χ4n) is 1.34. The van der Waals surface area contributed by atoms with Gasteiger partial charge in [-0.15, -0.1) is 0 Å². The van der Waals surface area contributed by atoms with E-state index in [0.717, 1.165) is 24.5 Å². The van der Waals surface area contributed by atoms with Gasteiger partial charge in [-0.2, -0.15) is 26.3 Å². The van der Waals surface area contributed by atoms with Crippen molar-refractivity contribution in [3.63, 3.8) is 0 Å².